The van der Waals surface area contributed by atoms with Crippen LogP contribution in [0.1, 0.15) is 29.4 Å². The van der Waals surface area contributed by atoms with E-state index < -0.39 is 0 Å². The Morgan fingerprint density at radius 1 is 1.10 bits per heavy atom. The van der Waals surface area contributed by atoms with Crippen molar-refractivity contribution in [2.24, 2.45) is 7.05 Å². The molecule has 0 atom stereocenters. The summed E-state index contributed by atoms with van der Waals surface area (Å²) in [4.78, 5) is 37.2. The summed E-state index contributed by atoms with van der Waals surface area (Å²) < 4.78 is 6.49. The fourth-order valence-electron chi connectivity index (χ4n) is 3.22. The molecule has 0 unspecified atom stereocenters. The quantitative estimate of drug-likeness (QED) is 0.515. The van der Waals surface area contributed by atoms with E-state index in [9.17, 15) is 14.4 Å². The van der Waals surface area contributed by atoms with Gasteiger partial charge in [-0.15, -0.1) is 0 Å². The first-order valence-corrected chi connectivity index (χ1v) is 10.2. The van der Waals surface area contributed by atoms with E-state index in [4.69, 9.17) is 4.74 Å². The lowest BCUT2D eigenvalue weighted by molar-refractivity contribution is -0.115. The Hall–Kier alpha value is -3.52. The van der Waals surface area contributed by atoms with Crippen molar-refractivity contribution in [2.75, 3.05) is 25.1 Å². The molecular weight excluding hydrogens is 396 g/mol. The molecule has 0 aliphatic rings. The third kappa shape index (κ3) is 5.76. The van der Waals surface area contributed by atoms with E-state index in [1.807, 2.05) is 6.92 Å². The van der Waals surface area contributed by atoms with E-state index in [0.717, 1.165) is 6.42 Å². The van der Waals surface area contributed by atoms with Crippen LogP contribution in [0.4, 0.5) is 5.69 Å². The zero-order chi connectivity index (χ0) is 22.2. The van der Waals surface area contributed by atoms with E-state index in [1.165, 1.54) is 4.68 Å². The summed E-state index contributed by atoms with van der Waals surface area (Å²) in [5.74, 6) is -0.496. The second-order valence-corrected chi connectivity index (χ2v) is 7.03. The predicted octanol–water partition coefficient (Wildman–Crippen LogP) is 2.27. The minimum absolute atomic E-state index is 0.00247. The number of anilines is 1. The van der Waals surface area contributed by atoms with Crippen molar-refractivity contribution in [3.05, 3.63) is 70.1 Å². The van der Waals surface area contributed by atoms with E-state index in [-0.39, 0.29) is 23.8 Å². The lowest BCUT2D eigenvalue weighted by Gasteiger charge is -2.10. The zero-order valence-corrected chi connectivity index (χ0v) is 17.7. The van der Waals surface area contributed by atoms with Crippen LogP contribution in [0.2, 0.25) is 0 Å². The number of hydrogen-bond donors (Lipinski definition) is 2. The van der Waals surface area contributed by atoms with Crippen LogP contribution in [0.25, 0.3) is 10.8 Å². The molecular formula is C23H26N4O4. The largest absolute Gasteiger partial charge is 0.382 e. The van der Waals surface area contributed by atoms with Crippen molar-refractivity contribution in [3.63, 3.8) is 0 Å². The van der Waals surface area contributed by atoms with Crippen molar-refractivity contribution in [1.29, 1.82) is 0 Å². The molecule has 0 fully saturated rings. The van der Waals surface area contributed by atoms with Gasteiger partial charge in [-0.05, 0) is 37.6 Å². The van der Waals surface area contributed by atoms with Crippen molar-refractivity contribution in [2.45, 2.75) is 19.8 Å². The highest BCUT2D eigenvalue weighted by molar-refractivity contribution is 5.98. The Morgan fingerprint density at radius 2 is 1.87 bits per heavy atom. The van der Waals surface area contributed by atoms with E-state index in [1.54, 1.807) is 55.6 Å². The van der Waals surface area contributed by atoms with Crippen molar-refractivity contribution < 1.29 is 14.3 Å². The summed E-state index contributed by atoms with van der Waals surface area (Å²) in [6.45, 7) is 3.69. The SMILES string of the molecule is CCOCCCNC(=O)c1cccc(NC(=O)Cc2nn(C)c(=O)c3ccccc23)c1. The van der Waals surface area contributed by atoms with Crippen LogP contribution in [0.3, 0.4) is 0 Å². The smallest absolute Gasteiger partial charge is 0.274 e. The highest BCUT2D eigenvalue weighted by Gasteiger charge is 2.13. The highest BCUT2D eigenvalue weighted by atomic mass is 16.5. The fourth-order valence-corrected chi connectivity index (χ4v) is 3.22. The molecule has 8 heteroatoms. The second-order valence-electron chi connectivity index (χ2n) is 7.03. The summed E-state index contributed by atoms with van der Waals surface area (Å²) >= 11 is 0. The van der Waals surface area contributed by atoms with E-state index >= 15 is 0 Å². The maximum atomic E-state index is 12.6. The molecule has 2 aromatic carbocycles. The van der Waals surface area contributed by atoms with Gasteiger partial charge < -0.3 is 15.4 Å². The average Bonchev–Trinajstić information content (AvgIpc) is 2.77. The third-order valence-corrected chi connectivity index (χ3v) is 4.72. The normalized spacial score (nSPS) is 10.8. The predicted molar refractivity (Wildman–Crippen MR) is 119 cm³/mol. The molecule has 8 nitrogen and oxygen atoms in total. The monoisotopic (exact) mass is 422 g/mol. The molecule has 0 aliphatic heterocycles. The van der Waals surface area contributed by atoms with Crippen LogP contribution in [0.5, 0.6) is 0 Å². The molecule has 0 spiro atoms. The molecule has 1 heterocycles. The van der Waals surface area contributed by atoms with Gasteiger partial charge in [-0.3, -0.25) is 14.4 Å². The Balaban J connectivity index is 1.66. The van der Waals surface area contributed by atoms with Crippen LogP contribution < -0.4 is 16.2 Å². The summed E-state index contributed by atoms with van der Waals surface area (Å²) in [6, 6.07) is 13.8. The van der Waals surface area contributed by atoms with Gasteiger partial charge in [-0.2, -0.15) is 5.10 Å². The van der Waals surface area contributed by atoms with Crippen molar-refractivity contribution >= 4 is 28.3 Å². The number of carbonyl (C=O) groups excluding carboxylic acids is 2. The van der Waals surface area contributed by atoms with Gasteiger partial charge in [0.05, 0.1) is 17.5 Å². The van der Waals surface area contributed by atoms with Gasteiger partial charge >= 0.3 is 0 Å². The zero-order valence-electron chi connectivity index (χ0n) is 17.7. The topological polar surface area (TPSA) is 102 Å². The molecule has 2 N–H and O–H groups in total. The van der Waals surface area contributed by atoms with E-state index in [0.29, 0.717) is 47.5 Å². The summed E-state index contributed by atoms with van der Waals surface area (Å²) in [5.41, 5.74) is 1.28. The van der Waals surface area contributed by atoms with Crippen molar-refractivity contribution in [3.8, 4) is 0 Å². The fraction of sp³-hybridized carbons (Fsp3) is 0.304. The van der Waals surface area contributed by atoms with Gasteiger partial charge in [0.2, 0.25) is 5.91 Å². The molecule has 0 radical (unpaired) electrons. The molecule has 31 heavy (non-hydrogen) atoms. The molecule has 0 aliphatic carbocycles. The van der Waals surface area contributed by atoms with Gasteiger partial charge in [0.1, 0.15) is 0 Å². The minimum Gasteiger partial charge on any atom is -0.382 e. The number of aromatic nitrogens is 2. The molecule has 3 aromatic rings. The number of benzene rings is 2. The van der Waals surface area contributed by atoms with Gasteiger partial charge in [0.15, 0.2) is 0 Å². The van der Waals surface area contributed by atoms with E-state index in [2.05, 4.69) is 15.7 Å². The Labute approximate surface area is 180 Å². The van der Waals surface area contributed by atoms with Gasteiger partial charge in [0.25, 0.3) is 11.5 Å². The van der Waals surface area contributed by atoms with Crippen LogP contribution in [-0.2, 0) is 23.0 Å². The molecule has 162 valence electrons. The molecule has 0 saturated carbocycles. The van der Waals surface area contributed by atoms with Crippen LogP contribution in [0, 0.1) is 0 Å². The third-order valence-electron chi connectivity index (χ3n) is 4.72. The number of aryl methyl sites for hydroxylation is 1. The number of nitrogens with zero attached hydrogens (tertiary/aromatic N) is 2. The maximum Gasteiger partial charge on any atom is 0.274 e. The average molecular weight is 422 g/mol. The lowest BCUT2D eigenvalue weighted by atomic mass is 10.1. The lowest BCUT2D eigenvalue weighted by Crippen LogP contribution is -2.25. The molecule has 2 amide bonds. The summed E-state index contributed by atoms with van der Waals surface area (Å²) in [5, 5.41) is 11.1. The number of rotatable bonds is 9. The van der Waals surface area contributed by atoms with Crippen LogP contribution in [-0.4, -0.2) is 41.4 Å². The van der Waals surface area contributed by atoms with Gasteiger partial charge in [-0.25, -0.2) is 4.68 Å². The Kier molecular flexibility index (Phi) is 7.50. The summed E-state index contributed by atoms with van der Waals surface area (Å²) in [6.07, 6.45) is 0.735. The first kappa shape index (κ1) is 22.2. The second kappa shape index (κ2) is 10.5. The minimum atomic E-state index is -0.287. The number of nitrogens with one attached hydrogen (secondary N) is 2. The summed E-state index contributed by atoms with van der Waals surface area (Å²) in [7, 11) is 1.56. The standard InChI is InChI=1S/C23H26N4O4/c1-3-31-13-7-12-24-22(29)16-8-6-9-17(14-16)25-21(28)15-20-18-10-4-5-11-19(18)23(30)27(2)26-20/h4-6,8-11,14H,3,7,12-13,15H2,1-2H3,(H,24,29)(H,25,28). The van der Waals surface area contributed by atoms with Gasteiger partial charge in [0, 0.05) is 43.4 Å². The van der Waals surface area contributed by atoms with Gasteiger partial charge in [-0.1, -0.05) is 24.3 Å². The van der Waals surface area contributed by atoms with Crippen LogP contribution >= 0.6 is 0 Å². The number of carbonyl (C=O) groups is 2. The maximum absolute atomic E-state index is 12.6. The molecule has 1 aromatic heterocycles. The number of fused-ring (bicyclic) bond motifs is 1. The Bertz CT molecular complexity index is 1140. The molecule has 3 rings (SSSR count). The van der Waals surface area contributed by atoms with Crippen LogP contribution in [0.15, 0.2) is 53.3 Å². The molecule has 0 saturated heterocycles. The first-order valence-electron chi connectivity index (χ1n) is 10.2. The number of ether oxygens (including phenoxy) is 1. The number of hydrogen-bond acceptors (Lipinski definition) is 5. The highest BCUT2D eigenvalue weighted by Crippen LogP contribution is 2.15. The first-order chi connectivity index (χ1) is 15.0. The number of amides is 2. The molecule has 0 bridgehead atoms. The van der Waals surface area contributed by atoms with Crippen molar-refractivity contribution in [1.82, 2.24) is 15.1 Å². The Morgan fingerprint density at radius 3 is 2.65 bits per heavy atom.